The number of thiazole rings is 1. The molecule has 6 nitrogen and oxygen atoms in total. The van der Waals surface area contributed by atoms with Crippen molar-refractivity contribution in [3.8, 4) is 0 Å². The number of thiophene rings is 1. The van der Waals surface area contributed by atoms with E-state index < -0.39 is 15.9 Å². The molecule has 0 radical (unpaired) electrons. The van der Waals surface area contributed by atoms with Crippen LogP contribution in [0, 0.1) is 0 Å². The van der Waals surface area contributed by atoms with Gasteiger partial charge in [-0.15, -0.1) is 22.7 Å². The highest BCUT2D eigenvalue weighted by molar-refractivity contribution is 7.94. The first-order valence-corrected chi connectivity index (χ1v) is 10.6. The van der Waals surface area contributed by atoms with Crippen molar-refractivity contribution in [3.05, 3.63) is 63.4 Å². The van der Waals surface area contributed by atoms with Gasteiger partial charge in [0.2, 0.25) is 0 Å². The van der Waals surface area contributed by atoms with E-state index in [9.17, 15) is 13.2 Å². The number of anilines is 1. The first kappa shape index (κ1) is 17.9. The number of nitrogens with zero attached hydrogens (tertiary/aromatic N) is 1. The molecular weight excluding hydrogens is 402 g/mol. The van der Waals surface area contributed by atoms with E-state index in [1.54, 1.807) is 23.6 Å². The summed E-state index contributed by atoms with van der Waals surface area (Å²) in [7, 11) is -3.68. The minimum atomic E-state index is -3.68. The summed E-state index contributed by atoms with van der Waals surface area (Å²) >= 11 is 8.19. The lowest BCUT2D eigenvalue weighted by atomic mass is 10.2. The van der Waals surface area contributed by atoms with E-state index in [-0.39, 0.29) is 21.6 Å². The summed E-state index contributed by atoms with van der Waals surface area (Å²) in [6.07, 6.45) is 0. The quantitative estimate of drug-likeness (QED) is 0.646. The smallest absolute Gasteiger partial charge is 0.273 e. The van der Waals surface area contributed by atoms with Gasteiger partial charge in [-0.3, -0.25) is 9.52 Å². The van der Waals surface area contributed by atoms with Crippen LogP contribution in [0.15, 0.2) is 51.4 Å². The van der Waals surface area contributed by atoms with Gasteiger partial charge in [0.1, 0.15) is 9.90 Å². The average Bonchev–Trinajstić information content (AvgIpc) is 3.25. The number of sulfonamides is 1. The molecule has 0 unspecified atom stereocenters. The van der Waals surface area contributed by atoms with Gasteiger partial charge in [0.15, 0.2) is 5.13 Å². The van der Waals surface area contributed by atoms with Crippen molar-refractivity contribution in [3.63, 3.8) is 0 Å². The molecule has 2 heterocycles. The SMILES string of the molecule is O=C(NCc1ccccc1Cl)c1csc(NS(=O)(=O)c2cccs2)n1. The molecule has 2 aromatic heterocycles. The number of carbonyl (C=O) groups is 1. The van der Waals surface area contributed by atoms with E-state index in [2.05, 4.69) is 15.0 Å². The lowest BCUT2D eigenvalue weighted by Crippen LogP contribution is -2.23. The van der Waals surface area contributed by atoms with Gasteiger partial charge in [-0.05, 0) is 23.1 Å². The van der Waals surface area contributed by atoms with Crippen LogP contribution in [0.3, 0.4) is 0 Å². The van der Waals surface area contributed by atoms with E-state index >= 15 is 0 Å². The number of halogens is 1. The van der Waals surface area contributed by atoms with E-state index in [1.807, 2.05) is 12.1 Å². The summed E-state index contributed by atoms with van der Waals surface area (Å²) in [5.41, 5.74) is 0.923. The molecule has 0 saturated carbocycles. The normalized spacial score (nSPS) is 11.2. The summed E-state index contributed by atoms with van der Waals surface area (Å²) < 4.78 is 26.8. The summed E-state index contributed by atoms with van der Waals surface area (Å²) in [4.78, 5) is 16.2. The molecule has 0 saturated heterocycles. The highest BCUT2D eigenvalue weighted by Gasteiger charge is 2.18. The Morgan fingerprint density at radius 1 is 1.16 bits per heavy atom. The Labute approximate surface area is 157 Å². The van der Waals surface area contributed by atoms with E-state index in [0.29, 0.717) is 5.02 Å². The van der Waals surface area contributed by atoms with Crippen LogP contribution >= 0.6 is 34.3 Å². The first-order chi connectivity index (χ1) is 12.0. The van der Waals surface area contributed by atoms with Gasteiger partial charge >= 0.3 is 0 Å². The molecule has 10 heteroatoms. The third kappa shape index (κ3) is 4.37. The van der Waals surface area contributed by atoms with Gasteiger partial charge in [0.25, 0.3) is 15.9 Å². The van der Waals surface area contributed by atoms with Crippen molar-refractivity contribution in [2.75, 3.05) is 4.72 Å². The number of aromatic nitrogens is 1. The topological polar surface area (TPSA) is 88.2 Å². The number of rotatable bonds is 6. The molecule has 1 amide bonds. The predicted octanol–water partition coefficient (Wildman–Crippen LogP) is 3.59. The van der Waals surface area contributed by atoms with Gasteiger partial charge < -0.3 is 5.32 Å². The zero-order valence-corrected chi connectivity index (χ0v) is 15.8. The number of amides is 1. The van der Waals surface area contributed by atoms with Crippen LogP contribution < -0.4 is 10.0 Å². The highest BCUT2D eigenvalue weighted by atomic mass is 35.5. The minimum absolute atomic E-state index is 0.135. The molecule has 0 bridgehead atoms. The number of hydrogen-bond donors (Lipinski definition) is 2. The van der Waals surface area contributed by atoms with Crippen LogP contribution in [0.1, 0.15) is 16.1 Å². The maximum atomic E-state index is 12.2. The molecule has 130 valence electrons. The molecule has 1 aromatic carbocycles. The largest absolute Gasteiger partial charge is 0.347 e. The van der Waals surface area contributed by atoms with Crippen LogP contribution in [0.25, 0.3) is 0 Å². The molecule has 0 spiro atoms. The van der Waals surface area contributed by atoms with Crippen molar-refractivity contribution >= 4 is 55.3 Å². The van der Waals surface area contributed by atoms with Gasteiger partial charge in [-0.2, -0.15) is 0 Å². The minimum Gasteiger partial charge on any atom is -0.347 e. The molecule has 25 heavy (non-hydrogen) atoms. The monoisotopic (exact) mass is 413 g/mol. The second-order valence-electron chi connectivity index (χ2n) is 4.85. The van der Waals surface area contributed by atoms with Gasteiger partial charge in [0, 0.05) is 16.9 Å². The Morgan fingerprint density at radius 2 is 1.96 bits per heavy atom. The van der Waals surface area contributed by atoms with Crippen molar-refractivity contribution < 1.29 is 13.2 Å². The van der Waals surface area contributed by atoms with Crippen LogP contribution in [0.2, 0.25) is 5.02 Å². The lowest BCUT2D eigenvalue weighted by Gasteiger charge is -2.05. The summed E-state index contributed by atoms with van der Waals surface area (Å²) in [5, 5.41) is 6.57. The molecule has 0 aliphatic carbocycles. The van der Waals surface area contributed by atoms with E-state index in [1.165, 1.54) is 11.4 Å². The Hall–Kier alpha value is -1.94. The second-order valence-corrected chi connectivity index (χ2v) is 8.97. The van der Waals surface area contributed by atoms with Crippen LogP contribution in [0.4, 0.5) is 5.13 Å². The maximum absolute atomic E-state index is 12.2. The summed E-state index contributed by atoms with van der Waals surface area (Å²) in [6, 6.07) is 10.3. The van der Waals surface area contributed by atoms with Crippen molar-refractivity contribution in [1.82, 2.24) is 10.3 Å². The van der Waals surface area contributed by atoms with E-state index in [4.69, 9.17) is 11.6 Å². The van der Waals surface area contributed by atoms with Crippen LogP contribution in [0.5, 0.6) is 0 Å². The lowest BCUT2D eigenvalue weighted by molar-refractivity contribution is 0.0946. The number of benzene rings is 1. The molecule has 3 rings (SSSR count). The Kier molecular flexibility index (Phi) is 5.38. The van der Waals surface area contributed by atoms with Crippen molar-refractivity contribution in [2.45, 2.75) is 10.8 Å². The summed E-state index contributed by atoms with van der Waals surface area (Å²) in [5.74, 6) is -0.405. The molecule has 0 aliphatic heterocycles. The average molecular weight is 414 g/mol. The number of nitrogens with one attached hydrogen (secondary N) is 2. The van der Waals surface area contributed by atoms with E-state index in [0.717, 1.165) is 28.2 Å². The fraction of sp³-hybridized carbons (Fsp3) is 0.0667. The third-order valence-electron chi connectivity index (χ3n) is 3.12. The predicted molar refractivity (Wildman–Crippen MR) is 99.9 cm³/mol. The fourth-order valence-electron chi connectivity index (χ4n) is 1.91. The highest BCUT2D eigenvalue weighted by Crippen LogP contribution is 2.23. The fourth-order valence-corrected chi connectivity index (χ4v) is 5.05. The molecule has 0 aliphatic rings. The number of hydrogen-bond acceptors (Lipinski definition) is 6. The third-order valence-corrected chi connectivity index (χ3v) is 7.11. The Morgan fingerprint density at radius 3 is 2.68 bits per heavy atom. The van der Waals surface area contributed by atoms with Crippen molar-refractivity contribution in [1.29, 1.82) is 0 Å². The van der Waals surface area contributed by atoms with Crippen LogP contribution in [-0.4, -0.2) is 19.3 Å². The molecule has 0 fully saturated rings. The first-order valence-electron chi connectivity index (χ1n) is 6.99. The molecular formula is C15H12ClN3O3S3. The maximum Gasteiger partial charge on any atom is 0.273 e. The standard InChI is InChI=1S/C15H12ClN3O3S3/c16-11-5-2-1-4-10(11)8-17-14(20)12-9-24-15(18-12)19-25(21,22)13-6-3-7-23-13/h1-7,9H,8H2,(H,17,20)(H,18,19). The zero-order chi connectivity index (χ0) is 17.9. The Bertz CT molecular complexity index is 984. The van der Waals surface area contributed by atoms with Crippen LogP contribution in [-0.2, 0) is 16.6 Å². The molecule has 2 N–H and O–H groups in total. The van der Waals surface area contributed by atoms with Gasteiger partial charge in [-0.1, -0.05) is 35.9 Å². The Balaban J connectivity index is 1.65. The molecule has 3 aromatic rings. The van der Waals surface area contributed by atoms with Gasteiger partial charge in [-0.25, -0.2) is 13.4 Å². The van der Waals surface area contributed by atoms with Crippen molar-refractivity contribution in [2.24, 2.45) is 0 Å². The number of carbonyl (C=O) groups excluding carboxylic acids is 1. The summed E-state index contributed by atoms with van der Waals surface area (Å²) in [6.45, 7) is 0.256. The van der Waals surface area contributed by atoms with Gasteiger partial charge in [0.05, 0.1) is 0 Å². The second kappa shape index (κ2) is 7.52. The molecule has 0 atom stereocenters. The zero-order valence-electron chi connectivity index (χ0n) is 12.6.